The molecule has 4 rings (SSSR count). The third kappa shape index (κ3) is 5.01. The van der Waals surface area contributed by atoms with Crippen LogP contribution in [0.25, 0.3) is 10.9 Å². The van der Waals surface area contributed by atoms with Crippen LogP contribution in [0.3, 0.4) is 0 Å². The number of H-pyrrole nitrogens is 1. The number of rotatable bonds is 9. The minimum absolute atomic E-state index is 0.220. The molecule has 1 heterocycles. The van der Waals surface area contributed by atoms with Gasteiger partial charge in [0.15, 0.2) is 0 Å². The van der Waals surface area contributed by atoms with E-state index in [0.29, 0.717) is 18.7 Å². The fourth-order valence-corrected chi connectivity index (χ4v) is 5.23. The topological polar surface area (TPSA) is 115 Å². The lowest BCUT2D eigenvalue weighted by atomic mass is 9.96. The van der Waals surface area contributed by atoms with Gasteiger partial charge >= 0.3 is 0 Å². The second-order valence-electron chi connectivity index (χ2n) is 8.58. The molecule has 0 radical (unpaired) electrons. The van der Waals surface area contributed by atoms with Crippen molar-refractivity contribution in [2.75, 3.05) is 33.8 Å². The van der Waals surface area contributed by atoms with Crippen molar-refractivity contribution in [2.45, 2.75) is 36.7 Å². The van der Waals surface area contributed by atoms with Gasteiger partial charge in [0.05, 0.1) is 6.10 Å². The molecular formula is C24H31N3O5S. The number of nitrogens with one attached hydrogen (secondary N) is 2. The van der Waals surface area contributed by atoms with Crippen LogP contribution >= 0.6 is 0 Å². The molecule has 0 saturated heterocycles. The van der Waals surface area contributed by atoms with Crippen LogP contribution in [0.2, 0.25) is 0 Å². The van der Waals surface area contributed by atoms with E-state index >= 15 is 0 Å². The summed E-state index contributed by atoms with van der Waals surface area (Å²) in [6.07, 6.45) is 3.79. The van der Waals surface area contributed by atoms with Crippen LogP contribution in [0.1, 0.15) is 35.8 Å². The third-order valence-electron chi connectivity index (χ3n) is 6.08. The lowest BCUT2D eigenvalue weighted by molar-refractivity contribution is 0.171. The van der Waals surface area contributed by atoms with Gasteiger partial charge in [0.2, 0.25) is 10.0 Å². The van der Waals surface area contributed by atoms with Crippen LogP contribution in [0.5, 0.6) is 11.5 Å². The van der Waals surface area contributed by atoms with E-state index in [4.69, 9.17) is 4.74 Å². The lowest BCUT2D eigenvalue weighted by Gasteiger charge is -2.16. The molecule has 4 N–H and O–H groups in total. The smallest absolute Gasteiger partial charge is 0.246 e. The maximum absolute atomic E-state index is 12.4. The van der Waals surface area contributed by atoms with Crippen molar-refractivity contribution < 1.29 is 23.4 Å². The average molecular weight is 474 g/mol. The molecule has 2 aromatic carbocycles. The molecule has 1 aliphatic carbocycles. The number of aliphatic hydroxyl groups is 1. The highest BCUT2D eigenvalue weighted by Crippen LogP contribution is 2.31. The number of benzene rings is 2. The van der Waals surface area contributed by atoms with E-state index in [1.165, 1.54) is 61.8 Å². The quantitative estimate of drug-likeness (QED) is 0.355. The SMILES string of the molecule is CN(C)S(=O)(=O)c1cc(C(O)CNCCOc2ccc3c4c([nH]c3c2)CCCC4)ccc1O. The molecule has 9 heteroatoms. The summed E-state index contributed by atoms with van der Waals surface area (Å²) in [4.78, 5) is 3.30. The number of hydrogen-bond acceptors (Lipinski definition) is 6. The van der Waals surface area contributed by atoms with Crippen molar-refractivity contribution in [3.05, 3.63) is 53.2 Å². The highest BCUT2D eigenvalue weighted by atomic mass is 32.2. The predicted octanol–water partition coefficient (Wildman–Crippen LogP) is 2.70. The van der Waals surface area contributed by atoms with Crippen molar-refractivity contribution in [1.29, 1.82) is 0 Å². The number of phenolic OH excluding ortho intramolecular Hbond substituents is 1. The summed E-state index contributed by atoms with van der Waals surface area (Å²) in [5.41, 5.74) is 4.30. The number of nitrogens with zero attached hydrogens (tertiary/aromatic N) is 1. The number of aromatic nitrogens is 1. The zero-order chi connectivity index (χ0) is 23.6. The monoisotopic (exact) mass is 473 g/mol. The van der Waals surface area contributed by atoms with Crippen molar-refractivity contribution in [3.63, 3.8) is 0 Å². The highest BCUT2D eigenvalue weighted by molar-refractivity contribution is 7.89. The molecule has 0 spiro atoms. The number of aromatic hydroxyl groups is 1. The van der Waals surface area contributed by atoms with E-state index < -0.39 is 16.1 Å². The van der Waals surface area contributed by atoms with Gasteiger partial charge < -0.3 is 25.3 Å². The summed E-state index contributed by atoms with van der Waals surface area (Å²) in [5.74, 6) is 0.446. The standard InChI is InChI=1S/C24H31N3O5S/c1-27(2)33(30,31)24-13-16(7-10-22(24)28)23(29)15-25-11-12-32-17-8-9-19-18-5-3-4-6-20(18)26-21(19)14-17/h7-10,13-14,23,25-26,28-29H,3-6,11-12,15H2,1-2H3. The van der Waals surface area contributed by atoms with Gasteiger partial charge in [-0.05, 0) is 61.1 Å². The van der Waals surface area contributed by atoms with E-state index in [9.17, 15) is 18.6 Å². The summed E-state index contributed by atoms with van der Waals surface area (Å²) >= 11 is 0. The first-order chi connectivity index (χ1) is 15.8. The van der Waals surface area contributed by atoms with Gasteiger partial charge in [0.25, 0.3) is 0 Å². The van der Waals surface area contributed by atoms with Crippen molar-refractivity contribution in [1.82, 2.24) is 14.6 Å². The molecule has 1 unspecified atom stereocenters. The number of ether oxygens (including phenoxy) is 1. The van der Waals surface area contributed by atoms with Crippen molar-refractivity contribution in [2.24, 2.45) is 0 Å². The van der Waals surface area contributed by atoms with Gasteiger partial charge in [-0.25, -0.2) is 12.7 Å². The van der Waals surface area contributed by atoms with Gasteiger partial charge in [-0.3, -0.25) is 0 Å². The summed E-state index contributed by atoms with van der Waals surface area (Å²) in [6.45, 7) is 1.16. The number of hydrogen-bond donors (Lipinski definition) is 4. The Labute approximate surface area is 194 Å². The van der Waals surface area contributed by atoms with E-state index in [1.54, 1.807) is 0 Å². The zero-order valence-electron chi connectivity index (χ0n) is 19.0. The Morgan fingerprint density at radius 3 is 2.73 bits per heavy atom. The first-order valence-corrected chi connectivity index (χ1v) is 12.6. The number of aryl methyl sites for hydroxylation is 2. The Bertz CT molecular complexity index is 1240. The molecule has 0 fully saturated rings. The molecule has 1 atom stereocenters. The third-order valence-corrected chi connectivity index (χ3v) is 7.93. The van der Waals surface area contributed by atoms with Crippen molar-refractivity contribution in [3.8, 4) is 11.5 Å². The molecule has 178 valence electrons. The fraction of sp³-hybridized carbons (Fsp3) is 0.417. The van der Waals surface area contributed by atoms with Crippen LogP contribution in [-0.4, -0.2) is 61.7 Å². The molecule has 3 aromatic rings. The van der Waals surface area contributed by atoms with E-state index in [-0.39, 0.29) is 17.2 Å². The number of fused-ring (bicyclic) bond motifs is 3. The maximum atomic E-state index is 12.4. The number of phenols is 1. The van der Waals surface area contributed by atoms with Gasteiger partial charge in [0.1, 0.15) is 23.0 Å². The molecule has 1 aromatic heterocycles. The summed E-state index contributed by atoms with van der Waals surface area (Å²) in [5, 5.41) is 24.8. The Kier molecular flexibility index (Phi) is 6.94. The number of aliphatic hydroxyl groups excluding tert-OH is 1. The molecule has 0 saturated carbocycles. The van der Waals surface area contributed by atoms with Crippen LogP contribution < -0.4 is 10.1 Å². The summed E-state index contributed by atoms with van der Waals surface area (Å²) in [6, 6.07) is 10.2. The average Bonchev–Trinajstić information content (AvgIpc) is 3.16. The highest BCUT2D eigenvalue weighted by Gasteiger charge is 2.23. The number of sulfonamides is 1. The molecule has 8 nitrogen and oxygen atoms in total. The normalized spacial score (nSPS) is 15.0. The number of aromatic amines is 1. The largest absolute Gasteiger partial charge is 0.507 e. The van der Waals surface area contributed by atoms with E-state index in [0.717, 1.165) is 28.4 Å². The zero-order valence-corrected chi connectivity index (χ0v) is 19.8. The van der Waals surface area contributed by atoms with Gasteiger partial charge in [0, 0.05) is 49.8 Å². The second kappa shape index (κ2) is 9.72. The van der Waals surface area contributed by atoms with Crippen LogP contribution in [-0.2, 0) is 22.9 Å². The Morgan fingerprint density at radius 1 is 1.15 bits per heavy atom. The molecule has 0 amide bonds. The van der Waals surface area contributed by atoms with Gasteiger partial charge in [-0.15, -0.1) is 0 Å². The Morgan fingerprint density at radius 2 is 1.94 bits per heavy atom. The van der Waals surface area contributed by atoms with Crippen LogP contribution in [0.15, 0.2) is 41.3 Å². The van der Waals surface area contributed by atoms with Gasteiger partial charge in [-0.1, -0.05) is 6.07 Å². The molecule has 33 heavy (non-hydrogen) atoms. The van der Waals surface area contributed by atoms with Crippen LogP contribution in [0, 0.1) is 0 Å². The molecule has 1 aliphatic rings. The molecule has 0 bridgehead atoms. The first kappa shape index (κ1) is 23.6. The summed E-state index contributed by atoms with van der Waals surface area (Å²) < 4.78 is 31.6. The fourth-order valence-electron chi connectivity index (χ4n) is 4.22. The summed E-state index contributed by atoms with van der Waals surface area (Å²) in [7, 11) is -1.03. The predicted molar refractivity (Wildman–Crippen MR) is 127 cm³/mol. The minimum atomic E-state index is -3.81. The first-order valence-electron chi connectivity index (χ1n) is 11.2. The Balaban J connectivity index is 1.30. The Hall–Kier alpha value is -2.59. The maximum Gasteiger partial charge on any atom is 0.246 e. The van der Waals surface area contributed by atoms with Gasteiger partial charge in [-0.2, -0.15) is 0 Å². The van der Waals surface area contributed by atoms with Crippen LogP contribution in [0.4, 0.5) is 0 Å². The lowest BCUT2D eigenvalue weighted by Crippen LogP contribution is -2.26. The van der Waals surface area contributed by atoms with E-state index in [2.05, 4.69) is 16.4 Å². The molecular weight excluding hydrogens is 442 g/mol. The van der Waals surface area contributed by atoms with E-state index in [1.807, 2.05) is 12.1 Å². The van der Waals surface area contributed by atoms with Crippen molar-refractivity contribution >= 4 is 20.9 Å². The minimum Gasteiger partial charge on any atom is -0.507 e. The second-order valence-corrected chi connectivity index (χ2v) is 10.7. The molecule has 0 aliphatic heterocycles.